The van der Waals surface area contributed by atoms with Crippen molar-refractivity contribution in [2.45, 2.75) is 45.1 Å². The van der Waals surface area contributed by atoms with Crippen LogP contribution in [0.25, 0.3) is 0 Å². The van der Waals surface area contributed by atoms with Gasteiger partial charge in [-0.2, -0.15) is 0 Å². The summed E-state index contributed by atoms with van der Waals surface area (Å²) in [6.45, 7) is 1.61. The van der Waals surface area contributed by atoms with Crippen molar-refractivity contribution in [3.63, 3.8) is 0 Å². The summed E-state index contributed by atoms with van der Waals surface area (Å²) in [5.41, 5.74) is 0. The van der Waals surface area contributed by atoms with Gasteiger partial charge in [-0.1, -0.05) is 6.42 Å². The van der Waals surface area contributed by atoms with Crippen molar-refractivity contribution < 1.29 is 15.0 Å². The second-order valence-electron chi connectivity index (χ2n) is 3.11. The highest BCUT2D eigenvalue weighted by molar-refractivity contribution is 5.75. The molecule has 0 saturated carbocycles. The number of aliphatic hydroxyl groups is 2. The molecule has 0 saturated heterocycles. The van der Waals surface area contributed by atoms with E-state index in [0.717, 1.165) is 12.8 Å². The Kier molecular flexibility index (Phi) is 7.00. The van der Waals surface area contributed by atoms with Gasteiger partial charge >= 0.3 is 0 Å². The maximum Gasteiger partial charge on any atom is 0.129 e. The van der Waals surface area contributed by atoms with Crippen LogP contribution in [0.15, 0.2) is 0 Å². The van der Waals surface area contributed by atoms with E-state index >= 15 is 0 Å². The third-order valence-electron chi connectivity index (χ3n) is 1.78. The monoisotopic (exact) mass is 174 g/mol. The molecule has 0 aliphatic carbocycles. The fourth-order valence-electron chi connectivity index (χ4n) is 1.05. The molecule has 0 aliphatic heterocycles. The number of hydrogen-bond acceptors (Lipinski definition) is 3. The maximum atomic E-state index is 10.5. The van der Waals surface area contributed by atoms with Gasteiger partial charge in [0.25, 0.3) is 0 Å². The van der Waals surface area contributed by atoms with Crippen molar-refractivity contribution in [2.24, 2.45) is 0 Å². The van der Waals surface area contributed by atoms with Crippen LogP contribution in [0, 0.1) is 0 Å². The Morgan fingerprint density at radius 2 is 2.00 bits per heavy atom. The summed E-state index contributed by atoms with van der Waals surface area (Å²) in [5.74, 6) is 0.201. The van der Waals surface area contributed by atoms with Gasteiger partial charge in [-0.05, 0) is 26.2 Å². The number of carbonyl (C=O) groups excluding carboxylic acids is 1. The van der Waals surface area contributed by atoms with Gasteiger partial charge in [-0.3, -0.25) is 0 Å². The number of aliphatic hydroxyl groups excluding tert-OH is 2. The molecule has 0 rings (SSSR count). The van der Waals surface area contributed by atoms with Crippen LogP contribution in [0.4, 0.5) is 0 Å². The largest absolute Gasteiger partial charge is 0.396 e. The first-order chi connectivity index (χ1) is 5.66. The highest BCUT2D eigenvalue weighted by atomic mass is 16.3. The van der Waals surface area contributed by atoms with Gasteiger partial charge in [0.1, 0.15) is 5.78 Å². The zero-order chi connectivity index (χ0) is 9.40. The SMILES string of the molecule is CC(=O)CCCC[C@@H](O)CCO. The molecule has 0 aliphatic rings. The van der Waals surface area contributed by atoms with Crippen LogP contribution in [-0.4, -0.2) is 28.7 Å². The fraction of sp³-hybridized carbons (Fsp3) is 0.889. The van der Waals surface area contributed by atoms with E-state index < -0.39 is 6.10 Å². The van der Waals surface area contributed by atoms with E-state index in [9.17, 15) is 4.79 Å². The van der Waals surface area contributed by atoms with Crippen molar-refractivity contribution in [2.75, 3.05) is 6.61 Å². The fourth-order valence-corrected chi connectivity index (χ4v) is 1.05. The zero-order valence-electron chi connectivity index (χ0n) is 7.62. The number of carbonyl (C=O) groups is 1. The summed E-state index contributed by atoms with van der Waals surface area (Å²) in [4.78, 5) is 10.5. The average molecular weight is 174 g/mol. The van der Waals surface area contributed by atoms with Gasteiger partial charge < -0.3 is 15.0 Å². The summed E-state index contributed by atoms with van der Waals surface area (Å²) in [6, 6.07) is 0. The lowest BCUT2D eigenvalue weighted by molar-refractivity contribution is -0.117. The molecule has 1 atom stereocenters. The molecular formula is C9H18O3. The Labute approximate surface area is 73.4 Å². The number of rotatable bonds is 7. The topological polar surface area (TPSA) is 57.5 Å². The molecule has 0 fully saturated rings. The van der Waals surface area contributed by atoms with E-state index in [-0.39, 0.29) is 12.4 Å². The molecule has 0 bridgehead atoms. The van der Waals surface area contributed by atoms with E-state index in [0.29, 0.717) is 19.3 Å². The minimum atomic E-state index is -0.401. The van der Waals surface area contributed by atoms with Gasteiger partial charge in [0.15, 0.2) is 0 Å². The Hall–Kier alpha value is -0.410. The molecule has 0 spiro atoms. The van der Waals surface area contributed by atoms with Crippen LogP contribution >= 0.6 is 0 Å². The quantitative estimate of drug-likeness (QED) is 0.563. The van der Waals surface area contributed by atoms with Crippen LogP contribution in [0.2, 0.25) is 0 Å². The van der Waals surface area contributed by atoms with Gasteiger partial charge in [0.05, 0.1) is 6.10 Å². The van der Waals surface area contributed by atoms with Crippen molar-refractivity contribution >= 4 is 5.78 Å². The van der Waals surface area contributed by atoms with Crippen molar-refractivity contribution in [1.29, 1.82) is 0 Å². The highest BCUT2D eigenvalue weighted by Crippen LogP contribution is 2.06. The van der Waals surface area contributed by atoms with E-state index in [2.05, 4.69) is 0 Å². The molecule has 0 aromatic heterocycles. The van der Waals surface area contributed by atoms with Crippen LogP contribution in [0.3, 0.4) is 0 Å². The van der Waals surface area contributed by atoms with Gasteiger partial charge in [-0.15, -0.1) is 0 Å². The summed E-state index contributed by atoms with van der Waals surface area (Å²) < 4.78 is 0. The molecule has 2 N–H and O–H groups in total. The summed E-state index contributed by atoms with van der Waals surface area (Å²) in [5, 5.41) is 17.6. The molecule has 0 heterocycles. The lowest BCUT2D eigenvalue weighted by atomic mass is 10.1. The Balaban J connectivity index is 3.13. The summed E-state index contributed by atoms with van der Waals surface area (Å²) >= 11 is 0. The molecule has 0 aromatic carbocycles. The molecule has 3 heteroatoms. The minimum Gasteiger partial charge on any atom is -0.396 e. The zero-order valence-corrected chi connectivity index (χ0v) is 7.62. The van der Waals surface area contributed by atoms with Crippen molar-refractivity contribution in [3.05, 3.63) is 0 Å². The lowest BCUT2D eigenvalue weighted by Crippen LogP contribution is -2.08. The average Bonchev–Trinajstić information content (AvgIpc) is 1.98. The Morgan fingerprint density at radius 1 is 1.33 bits per heavy atom. The predicted molar refractivity (Wildman–Crippen MR) is 46.9 cm³/mol. The van der Waals surface area contributed by atoms with Crippen LogP contribution in [0.1, 0.15) is 39.0 Å². The molecule has 12 heavy (non-hydrogen) atoms. The predicted octanol–water partition coefficient (Wildman–Crippen LogP) is 0.879. The number of Topliss-reactive ketones (excluding diaryl/α,β-unsaturated/α-hetero) is 1. The third kappa shape index (κ3) is 7.69. The minimum absolute atomic E-state index is 0.0356. The van der Waals surface area contributed by atoms with Crippen LogP contribution in [0.5, 0.6) is 0 Å². The van der Waals surface area contributed by atoms with E-state index in [4.69, 9.17) is 10.2 Å². The number of ketones is 1. The number of unbranched alkanes of at least 4 members (excludes halogenated alkanes) is 1. The van der Waals surface area contributed by atoms with E-state index in [1.54, 1.807) is 6.92 Å². The molecule has 0 radical (unpaired) electrons. The van der Waals surface area contributed by atoms with Crippen molar-refractivity contribution in [3.8, 4) is 0 Å². The summed E-state index contributed by atoms with van der Waals surface area (Å²) in [7, 11) is 0. The van der Waals surface area contributed by atoms with Gasteiger partial charge in [0, 0.05) is 13.0 Å². The van der Waals surface area contributed by atoms with Gasteiger partial charge in [-0.25, -0.2) is 0 Å². The maximum absolute atomic E-state index is 10.5. The Morgan fingerprint density at radius 3 is 2.50 bits per heavy atom. The molecule has 0 unspecified atom stereocenters. The first-order valence-corrected chi connectivity index (χ1v) is 4.45. The first-order valence-electron chi connectivity index (χ1n) is 4.45. The molecule has 0 aromatic rings. The second kappa shape index (κ2) is 7.25. The summed E-state index contributed by atoms with van der Waals surface area (Å²) in [6.07, 6.45) is 3.04. The lowest BCUT2D eigenvalue weighted by Gasteiger charge is -2.06. The highest BCUT2D eigenvalue weighted by Gasteiger charge is 2.02. The Bertz CT molecular complexity index is 123. The van der Waals surface area contributed by atoms with Crippen LogP contribution in [-0.2, 0) is 4.79 Å². The molecule has 0 amide bonds. The molecule has 72 valence electrons. The van der Waals surface area contributed by atoms with E-state index in [1.807, 2.05) is 0 Å². The smallest absolute Gasteiger partial charge is 0.129 e. The van der Waals surface area contributed by atoms with Crippen LogP contribution < -0.4 is 0 Å². The van der Waals surface area contributed by atoms with E-state index in [1.165, 1.54) is 0 Å². The van der Waals surface area contributed by atoms with Crippen molar-refractivity contribution in [1.82, 2.24) is 0 Å². The normalized spacial score (nSPS) is 12.9. The number of hydrogen-bond donors (Lipinski definition) is 2. The molecule has 3 nitrogen and oxygen atoms in total. The first kappa shape index (κ1) is 11.6. The second-order valence-corrected chi connectivity index (χ2v) is 3.11. The molecular weight excluding hydrogens is 156 g/mol. The standard InChI is InChI=1S/C9H18O3/c1-8(11)4-2-3-5-9(12)6-7-10/h9-10,12H,2-7H2,1H3/t9-/m1/s1. The third-order valence-corrected chi connectivity index (χ3v) is 1.78. The van der Waals surface area contributed by atoms with Gasteiger partial charge in [0.2, 0.25) is 0 Å².